The molecule has 0 saturated carbocycles. The van der Waals surface area contributed by atoms with Crippen LogP contribution < -0.4 is 0 Å². The van der Waals surface area contributed by atoms with Crippen molar-refractivity contribution in [3.63, 3.8) is 0 Å². The number of aliphatic hydroxyl groups excluding tert-OH is 1. The van der Waals surface area contributed by atoms with Crippen molar-refractivity contribution in [2.24, 2.45) is 0 Å². The van der Waals surface area contributed by atoms with Crippen LogP contribution in [0.15, 0.2) is 0 Å². The van der Waals surface area contributed by atoms with Crippen LogP contribution in [-0.2, 0) is 9.47 Å². The Labute approximate surface area is 102 Å². The van der Waals surface area contributed by atoms with Gasteiger partial charge in [0.15, 0.2) is 0 Å². The third-order valence-corrected chi connectivity index (χ3v) is 3.12. The summed E-state index contributed by atoms with van der Waals surface area (Å²) in [6, 6.07) is 0. The first-order valence-electron chi connectivity index (χ1n) is 6.10. The predicted molar refractivity (Wildman–Crippen MR) is 61.7 cm³/mol. The van der Waals surface area contributed by atoms with E-state index in [2.05, 4.69) is 0 Å². The minimum Gasteiger partial charge on any atom is -0.444 e. The van der Waals surface area contributed by atoms with Crippen molar-refractivity contribution in [3.05, 3.63) is 0 Å². The second-order valence-corrected chi connectivity index (χ2v) is 6.02. The standard InChI is InChI=1S/C12H21NO4/c1-11(2,3)17-10(15)13-7-12(8-13)5-4-9(14)6-16-12/h9,14H,4-8H2,1-3H3/t9-/m1/s1. The van der Waals surface area contributed by atoms with Gasteiger partial charge in [0.25, 0.3) is 0 Å². The van der Waals surface area contributed by atoms with E-state index < -0.39 is 5.60 Å². The quantitative estimate of drug-likeness (QED) is 0.693. The Balaban J connectivity index is 1.80. The third-order valence-electron chi connectivity index (χ3n) is 3.12. The Morgan fingerprint density at radius 1 is 1.47 bits per heavy atom. The van der Waals surface area contributed by atoms with Crippen LogP contribution in [0.4, 0.5) is 4.79 Å². The normalized spacial score (nSPS) is 27.8. The Morgan fingerprint density at radius 2 is 2.12 bits per heavy atom. The first-order valence-corrected chi connectivity index (χ1v) is 6.10. The molecule has 1 amide bonds. The van der Waals surface area contributed by atoms with Gasteiger partial charge >= 0.3 is 6.09 Å². The molecule has 0 radical (unpaired) electrons. The van der Waals surface area contributed by atoms with Gasteiger partial charge in [-0.25, -0.2) is 4.79 Å². The molecule has 17 heavy (non-hydrogen) atoms. The van der Waals surface area contributed by atoms with Crippen molar-refractivity contribution in [3.8, 4) is 0 Å². The Bertz CT molecular complexity index is 294. The topological polar surface area (TPSA) is 59.0 Å². The largest absolute Gasteiger partial charge is 0.444 e. The number of amides is 1. The minimum atomic E-state index is -0.455. The van der Waals surface area contributed by atoms with E-state index in [0.29, 0.717) is 19.7 Å². The van der Waals surface area contributed by atoms with Crippen LogP contribution in [0.25, 0.3) is 0 Å². The molecule has 0 bridgehead atoms. The van der Waals surface area contributed by atoms with Crippen molar-refractivity contribution in [2.75, 3.05) is 19.7 Å². The van der Waals surface area contributed by atoms with Gasteiger partial charge in [-0.15, -0.1) is 0 Å². The monoisotopic (exact) mass is 243 g/mol. The summed E-state index contributed by atoms with van der Waals surface area (Å²) in [7, 11) is 0. The molecule has 2 fully saturated rings. The fraction of sp³-hybridized carbons (Fsp3) is 0.917. The molecule has 0 aliphatic carbocycles. The summed E-state index contributed by atoms with van der Waals surface area (Å²) in [5, 5.41) is 9.36. The number of aliphatic hydroxyl groups is 1. The SMILES string of the molecule is CC(C)(C)OC(=O)N1CC2(CC[C@@H](O)CO2)C1. The maximum atomic E-state index is 11.7. The van der Waals surface area contributed by atoms with Gasteiger partial charge in [-0.05, 0) is 33.6 Å². The number of hydrogen-bond acceptors (Lipinski definition) is 4. The molecule has 2 aliphatic rings. The average Bonchev–Trinajstić information content (AvgIpc) is 2.13. The van der Waals surface area contributed by atoms with E-state index in [4.69, 9.17) is 9.47 Å². The van der Waals surface area contributed by atoms with E-state index >= 15 is 0 Å². The van der Waals surface area contributed by atoms with Gasteiger partial charge in [0.1, 0.15) is 11.2 Å². The maximum absolute atomic E-state index is 11.7. The molecule has 0 aromatic heterocycles. The van der Waals surface area contributed by atoms with Crippen LogP contribution in [0, 0.1) is 0 Å². The van der Waals surface area contributed by atoms with Gasteiger partial charge in [0.2, 0.25) is 0 Å². The van der Waals surface area contributed by atoms with Crippen molar-refractivity contribution >= 4 is 6.09 Å². The van der Waals surface area contributed by atoms with Crippen molar-refractivity contribution in [1.82, 2.24) is 4.90 Å². The average molecular weight is 243 g/mol. The molecular formula is C12H21NO4. The summed E-state index contributed by atoms with van der Waals surface area (Å²) in [5.41, 5.74) is -0.681. The molecule has 1 atom stereocenters. The molecule has 0 unspecified atom stereocenters. The summed E-state index contributed by atoms with van der Waals surface area (Å²) in [5.74, 6) is 0. The van der Waals surface area contributed by atoms with Gasteiger partial charge in [-0.1, -0.05) is 0 Å². The summed E-state index contributed by atoms with van der Waals surface area (Å²) in [6.07, 6.45) is 0.935. The molecule has 5 nitrogen and oxygen atoms in total. The summed E-state index contributed by atoms with van der Waals surface area (Å²) in [4.78, 5) is 13.4. The number of likely N-dealkylation sites (tertiary alicyclic amines) is 1. The number of ether oxygens (including phenoxy) is 2. The predicted octanol–water partition coefficient (Wildman–Crippen LogP) is 1.15. The van der Waals surface area contributed by atoms with Crippen LogP contribution in [0.1, 0.15) is 33.6 Å². The third kappa shape index (κ3) is 2.90. The van der Waals surface area contributed by atoms with Gasteiger partial charge in [0, 0.05) is 0 Å². The highest BCUT2D eigenvalue weighted by Gasteiger charge is 2.49. The van der Waals surface area contributed by atoms with Crippen LogP contribution >= 0.6 is 0 Å². The highest BCUT2D eigenvalue weighted by atomic mass is 16.6. The zero-order chi connectivity index (χ0) is 12.7. The Morgan fingerprint density at radius 3 is 2.59 bits per heavy atom. The van der Waals surface area contributed by atoms with Crippen molar-refractivity contribution in [1.29, 1.82) is 0 Å². The molecule has 2 rings (SSSR count). The summed E-state index contributed by atoms with van der Waals surface area (Å²) < 4.78 is 10.9. The molecule has 0 aromatic carbocycles. The van der Waals surface area contributed by atoms with Crippen LogP contribution in [0.2, 0.25) is 0 Å². The zero-order valence-electron chi connectivity index (χ0n) is 10.7. The second kappa shape index (κ2) is 4.14. The van der Waals surface area contributed by atoms with E-state index in [1.54, 1.807) is 4.90 Å². The number of carbonyl (C=O) groups is 1. The number of carbonyl (C=O) groups excluding carboxylic acids is 1. The van der Waals surface area contributed by atoms with Gasteiger partial charge in [0.05, 0.1) is 25.8 Å². The summed E-state index contributed by atoms with van der Waals surface area (Å²) in [6.45, 7) is 7.10. The first kappa shape index (κ1) is 12.6. The first-order chi connectivity index (χ1) is 7.80. The lowest BCUT2D eigenvalue weighted by molar-refractivity contribution is -0.185. The zero-order valence-corrected chi connectivity index (χ0v) is 10.7. The van der Waals surface area contributed by atoms with Gasteiger partial charge < -0.3 is 19.5 Å². The second-order valence-electron chi connectivity index (χ2n) is 6.02. The van der Waals surface area contributed by atoms with Crippen molar-refractivity contribution in [2.45, 2.75) is 50.9 Å². The molecule has 0 aromatic rings. The molecule has 2 saturated heterocycles. The fourth-order valence-electron chi connectivity index (χ4n) is 2.21. The van der Waals surface area contributed by atoms with E-state index in [9.17, 15) is 9.90 Å². The number of hydrogen-bond donors (Lipinski definition) is 1. The molecule has 1 spiro atoms. The Kier molecular flexibility index (Phi) is 3.08. The van der Waals surface area contributed by atoms with E-state index in [1.165, 1.54) is 0 Å². The highest BCUT2D eigenvalue weighted by molar-refractivity contribution is 5.69. The number of nitrogens with zero attached hydrogens (tertiary/aromatic N) is 1. The molecule has 2 aliphatic heterocycles. The molecule has 5 heteroatoms. The minimum absolute atomic E-state index is 0.226. The lowest BCUT2D eigenvalue weighted by Crippen LogP contribution is -2.67. The molecule has 1 N–H and O–H groups in total. The van der Waals surface area contributed by atoms with Gasteiger partial charge in [-0.2, -0.15) is 0 Å². The lowest BCUT2D eigenvalue weighted by atomic mass is 9.86. The molecular weight excluding hydrogens is 222 g/mol. The van der Waals surface area contributed by atoms with Gasteiger partial charge in [-0.3, -0.25) is 0 Å². The molecule has 98 valence electrons. The van der Waals surface area contributed by atoms with Crippen LogP contribution in [0.5, 0.6) is 0 Å². The van der Waals surface area contributed by atoms with E-state index in [1.807, 2.05) is 20.8 Å². The van der Waals surface area contributed by atoms with E-state index in [-0.39, 0.29) is 17.8 Å². The Hall–Kier alpha value is -0.810. The van der Waals surface area contributed by atoms with Crippen molar-refractivity contribution < 1.29 is 19.4 Å². The number of rotatable bonds is 0. The fourth-order valence-corrected chi connectivity index (χ4v) is 2.21. The van der Waals surface area contributed by atoms with Crippen LogP contribution in [0.3, 0.4) is 0 Å². The smallest absolute Gasteiger partial charge is 0.410 e. The maximum Gasteiger partial charge on any atom is 0.410 e. The molecule has 2 heterocycles. The van der Waals surface area contributed by atoms with Crippen LogP contribution in [-0.4, -0.2) is 53.1 Å². The highest BCUT2D eigenvalue weighted by Crippen LogP contribution is 2.34. The summed E-state index contributed by atoms with van der Waals surface area (Å²) >= 11 is 0. The lowest BCUT2D eigenvalue weighted by Gasteiger charge is -2.51. The van der Waals surface area contributed by atoms with E-state index in [0.717, 1.165) is 12.8 Å².